The predicted molar refractivity (Wildman–Crippen MR) is 136 cm³/mol. The van der Waals surface area contributed by atoms with Crippen LogP contribution in [0.2, 0.25) is 0 Å². The van der Waals surface area contributed by atoms with Crippen molar-refractivity contribution in [2.45, 2.75) is 38.7 Å². The minimum atomic E-state index is -4.91. The van der Waals surface area contributed by atoms with Gasteiger partial charge in [0, 0.05) is 51.7 Å². The zero-order valence-electron chi connectivity index (χ0n) is 21.7. The highest BCUT2D eigenvalue weighted by molar-refractivity contribution is 7.92. The van der Waals surface area contributed by atoms with Crippen molar-refractivity contribution >= 4 is 21.6 Å². The lowest BCUT2D eigenvalue weighted by Gasteiger charge is -2.35. The Balaban J connectivity index is 1.94. The summed E-state index contributed by atoms with van der Waals surface area (Å²) in [6.45, 7) is 5.64. The van der Waals surface area contributed by atoms with Crippen molar-refractivity contribution in [3.8, 4) is 5.75 Å². The first-order chi connectivity index (χ1) is 17.8. The van der Waals surface area contributed by atoms with Gasteiger partial charge >= 0.3 is 6.18 Å². The molecule has 3 rings (SSSR count). The predicted octanol–water partition coefficient (Wildman–Crippen LogP) is 3.39. The van der Waals surface area contributed by atoms with Crippen LogP contribution in [0.3, 0.4) is 0 Å². The van der Waals surface area contributed by atoms with E-state index in [4.69, 9.17) is 9.47 Å². The van der Waals surface area contributed by atoms with Gasteiger partial charge in [-0.3, -0.25) is 19.4 Å². The molecule has 13 heteroatoms. The number of carbonyl (C=O) groups is 1. The minimum Gasteiger partial charge on any atom is -0.491 e. The van der Waals surface area contributed by atoms with Crippen LogP contribution in [0.5, 0.6) is 5.75 Å². The first-order valence-corrected chi connectivity index (χ1v) is 13.7. The number of fused-ring (bicyclic) bond motifs is 1. The molecule has 0 aliphatic carbocycles. The van der Waals surface area contributed by atoms with Gasteiger partial charge in [-0.15, -0.1) is 0 Å². The maximum Gasteiger partial charge on any atom is 0.404 e. The molecular formula is C25H33F3N4O5S. The van der Waals surface area contributed by atoms with Crippen molar-refractivity contribution in [2.24, 2.45) is 5.92 Å². The molecule has 3 atom stereocenters. The molecule has 38 heavy (non-hydrogen) atoms. The van der Waals surface area contributed by atoms with E-state index in [-0.39, 0.29) is 48.2 Å². The Morgan fingerprint density at radius 1 is 1.18 bits per heavy atom. The van der Waals surface area contributed by atoms with Crippen LogP contribution < -0.4 is 9.46 Å². The SMILES string of the molecule is CO[C@@H]1CN(C)C(=O)c2cc(NS(=O)(=O)CC(F)(F)F)ccc2OC[C@H](C)N(Cc2ccccn2)C[C@@H]1C. The first kappa shape index (κ1) is 29.7. The molecule has 2 aromatic rings. The number of carbonyl (C=O) groups excluding carboxylic acids is 1. The number of anilines is 1. The maximum atomic E-state index is 13.4. The summed E-state index contributed by atoms with van der Waals surface area (Å²) < 4.78 is 75.7. The van der Waals surface area contributed by atoms with E-state index in [1.165, 1.54) is 23.1 Å². The number of nitrogens with one attached hydrogen (secondary N) is 1. The number of nitrogens with zero attached hydrogens (tertiary/aromatic N) is 3. The number of alkyl halides is 3. The average molecular weight is 559 g/mol. The third-order valence-electron chi connectivity index (χ3n) is 6.29. The highest BCUT2D eigenvalue weighted by Gasteiger charge is 2.35. The number of amides is 1. The number of sulfonamides is 1. The van der Waals surface area contributed by atoms with Gasteiger partial charge in [0.1, 0.15) is 12.4 Å². The van der Waals surface area contributed by atoms with Gasteiger partial charge in [0.25, 0.3) is 5.91 Å². The summed E-state index contributed by atoms with van der Waals surface area (Å²) in [6, 6.07) is 9.42. The van der Waals surface area contributed by atoms with Crippen LogP contribution in [-0.4, -0.2) is 87.0 Å². The van der Waals surface area contributed by atoms with Gasteiger partial charge in [-0.2, -0.15) is 13.2 Å². The molecule has 2 heterocycles. The molecule has 1 aliphatic heterocycles. The number of pyridine rings is 1. The second-order valence-corrected chi connectivity index (χ2v) is 11.3. The van der Waals surface area contributed by atoms with Gasteiger partial charge in [0.05, 0.1) is 17.4 Å². The molecule has 1 amide bonds. The normalized spacial score (nSPS) is 22.1. The van der Waals surface area contributed by atoms with Crippen molar-refractivity contribution in [2.75, 3.05) is 44.3 Å². The molecule has 0 unspecified atom stereocenters. The van der Waals surface area contributed by atoms with E-state index in [0.717, 1.165) is 5.69 Å². The Labute approximate surface area is 221 Å². The summed E-state index contributed by atoms with van der Waals surface area (Å²) in [7, 11) is -1.58. The second kappa shape index (κ2) is 12.3. The third kappa shape index (κ3) is 8.30. The molecule has 1 N–H and O–H groups in total. The van der Waals surface area contributed by atoms with Gasteiger partial charge < -0.3 is 14.4 Å². The summed E-state index contributed by atoms with van der Waals surface area (Å²) in [5.41, 5.74) is 0.731. The van der Waals surface area contributed by atoms with Crippen molar-refractivity contribution in [3.05, 3.63) is 53.9 Å². The molecule has 1 aliphatic rings. The number of hydrogen-bond acceptors (Lipinski definition) is 7. The van der Waals surface area contributed by atoms with Crippen molar-refractivity contribution in [3.63, 3.8) is 0 Å². The molecule has 9 nitrogen and oxygen atoms in total. The van der Waals surface area contributed by atoms with E-state index < -0.39 is 27.9 Å². The smallest absolute Gasteiger partial charge is 0.404 e. The Hall–Kier alpha value is -2.90. The van der Waals surface area contributed by atoms with E-state index in [2.05, 4.69) is 9.88 Å². The highest BCUT2D eigenvalue weighted by Crippen LogP contribution is 2.28. The molecule has 0 radical (unpaired) electrons. The number of hydrogen-bond donors (Lipinski definition) is 1. The van der Waals surface area contributed by atoms with E-state index in [0.29, 0.717) is 13.1 Å². The molecule has 0 bridgehead atoms. The number of benzene rings is 1. The van der Waals surface area contributed by atoms with Crippen LogP contribution in [0.4, 0.5) is 18.9 Å². The van der Waals surface area contributed by atoms with Crippen LogP contribution >= 0.6 is 0 Å². The largest absolute Gasteiger partial charge is 0.491 e. The zero-order chi connectivity index (χ0) is 28.1. The topological polar surface area (TPSA) is 101 Å². The molecule has 1 aromatic heterocycles. The quantitative estimate of drug-likeness (QED) is 0.580. The van der Waals surface area contributed by atoms with E-state index in [1.54, 1.807) is 20.4 Å². The lowest BCUT2D eigenvalue weighted by atomic mass is 10.0. The van der Waals surface area contributed by atoms with Gasteiger partial charge in [-0.05, 0) is 43.2 Å². The van der Waals surface area contributed by atoms with Crippen LogP contribution in [0.1, 0.15) is 29.9 Å². The molecular weight excluding hydrogens is 525 g/mol. The van der Waals surface area contributed by atoms with Crippen LogP contribution in [0, 0.1) is 5.92 Å². The average Bonchev–Trinajstić information content (AvgIpc) is 2.83. The standard InChI is InChI=1S/C25H33F3N4O5S/c1-17-12-32(13-20-7-5-6-10-29-20)18(2)15-37-22-9-8-19(30-38(34,35)16-25(26,27)28)11-21(22)24(33)31(3)14-23(17)36-4/h5-11,17-18,23,30H,12-16H2,1-4H3/t17-,18-,23+/m0/s1. The fraction of sp³-hybridized carbons (Fsp3) is 0.520. The Kier molecular flexibility index (Phi) is 9.60. The van der Waals surface area contributed by atoms with Crippen LogP contribution in [-0.2, 0) is 21.3 Å². The number of rotatable bonds is 6. The summed E-state index contributed by atoms with van der Waals surface area (Å²) in [4.78, 5) is 21.4. The van der Waals surface area contributed by atoms with Gasteiger partial charge in [-0.25, -0.2) is 8.42 Å². The lowest BCUT2D eigenvalue weighted by molar-refractivity contribution is -0.106. The lowest BCUT2D eigenvalue weighted by Crippen LogP contribution is -2.46. The number of methoxy groups -OCH3 is 1. The number of ether oxygens (including phenoxy) is 2. The summed E-state index contributed by atoms with van der Waals surface area (Å²) in [6.07, 6.45) is -3.50. The molecule has 1 aromatic carbocycles. The molecule has 0 spiro atoms. The Morgan fingerprint density at radius 3 is 2.55 bits per heavy atom. The highest BCUT2D eigenvalue weighted by atomic mass is 32.2. The van der Waals surface area contributed by atoms with E-state index in [9.17, 15) is 26.4 Å². The number of aromatic nitrogens is 1. The zero-order valence-corrected chi connectivity index (χ0v) is 22.6. The summed E-state index contributed by atoms with van der Waals surface area (Å²) >= 11 is 0. The van der Waals surface area contributed by atoms with Gasteiger partial charge in [-0.1, -0.05) is 13.0 Å². The fourth-order valence-corrected chi connectivity index (χ4v) is 5.26. The monoisotopic (exact) mass is 558 g/mol. The van der Waals surface area contributed by atoms with E-state index >= 15 is 0 Å². The minimum absolute atomic E-state index is 0.0146. The first-order valence-electron chi connectivity index (χ1n) is 12.0. The molecule has 210 valence electrons. The van der Waals surface area contributed by atoms with Gasteiger partial charge in [0.2, 0.25) is 10.0 Å². The second-order valence-electron chi connectivity index (χ2n) is 9.53. The Morgan fingerprint density at radius 2 is 1.92 bits per heavy atom. The maximum absolute atomic E-state index is 13.4. The molecule has 0 saturated heterocycles. The third-order valence-corrected chi connectivity index (χ3v) is 7.55. The van der Waals surface area contributed by atoms with Crippen molar-refractivity contribution in [1.82, 2.24) is 14.8 Å². The van der Waals surface area contributed by atoms with Gasteiger partial charge in [0.15, 0.2) is 5.75 Å². The summed E-state index contributed by atoms with van der Waals surface area (Å²) in [5.74, 6) is -2.32. The van der Waals surface area contributed by atoms with E-state index in [1.807, 2.05) is 36.8 Å². The summed E-state index contributed by atoms with van der Waals surface area (Å²) in [5, 5.41) is 0. The molecule has 0 fully saturated rings. The van der Waals surface area contributed by atoms with Crippen LogP contribution in [0.25, 0.3) is 0 Å². The van der Waals surface area contributed by atoms with Crippen molar-refractivity contribution < 1.29 is 35.9 Å². The molecule has 0 saturated carbocycles. The fourth-order valence-electron chi connectivity index (χ4n) is 4.27. The number of halogens is 3. The number of likely N-dealkylation sites (N-methyl/N-ethyl adjacent to an activating group) is 1. The van der Waals surface area contributed by atoms with Crippen molar-refractivity contribution in [1.29, 1.82) is 0 Å². The Bertz CT molecular complexity index is 1200. The van der Waals surface area contributed by atoms with Crippen LogP contribution in [0.15, 0.2) is 42.6 Å².